The molecule has 6 heteroatoms. The third-order valence-corrected chi connectivity index (χ3v) is 4.34. The van der Waals surface area contributed by atoms with Gasteiger partial charge in [-0.15, -0.1) is 0 Å². The van der Waals surface area contributed by atoms with Gasteiger partial charge in [-0.2, -0.15) is 0 Å². The molecule has 2 rings (SSSR count). The van der Waals surface area contributed by atoms with Crippen LogP contribution in [0.1, 0.15) is 29.3 Å². The zero-order chi connectivity index (χ0) is 15.6. The van der Waals surface area contributed by atoms with E-state index in [4.69, 9.17) is 4.74 Å². The third kappa shape index (κ3) is 3.27. The van der Waals surface area contributed by atoms with Crippen LogP contribution in [0.4, 0.5) is 5.69 Å². The molecule has 1 aliphatic rings. The van der Waals surface area contributed by atoms with Crippen molar-refractivity contribution >= 4 is 33.4 Å². The molecule has 0 aromatic heterocycles. The molecule has 21 heavy (non-hydrogen) atoms. The van der Waals surface area contributed by atoms with Crippen molar-refractivity contribution in [2.75, 3.05) is 25.6 Å². The number of nitrogens with one attached hydrogen (secondary N) is 2. The first kappa shape index (κ1) is 16.0. The number of aryl methyl sites for hydroxylation is 1. The first-order chi connectivity index (χ1) is 9.87. The van der Waals surface area contributed by atoms with Gasteiger partial charge in [-0.25, -0.2) is 0 Å². The number of halogens is 1. The highest BCUT2D eigenvalue weighted by Gasteiger charge is 2.38. The molecule has 1 unspecified atom stereocenters. The fraction of sp³-hybridized carbons (Fsp3) is 0.467. The minimum atomic E-state index is -0.551. The van der Waals surface area contributed by atoms with E-state index in [2.05, 4.69) is 26.6 Å². The summed E-state index contributed by atoms with van der Waals surface area (Å²) in [5, 5.41) is 5.47. The normalized spacial score (nSPS) is 21.1. The van der Waals surface area contributed by atoms with Crippen LogP contribution < -0.4 is 10.6 Å². The van der Waals surface area contributed by atoms with Gasteiger partial charge in [0.15, 0.2) is 0 Å². The minimum Gasteiger partial charge on any atom is -0.380 e. The smallest absolute Gasteiger partial charge is 0.253 e. The second kappa shape index (κ2) is 6.15. The fourth-order valence-corrected chi connectivity index (χ4v) is 2.97. The summed E-state index contributed by atoms with van der Waals surface area (Å²) >= 11 is 3.42. The van der Waals surface area contributed by atoms with Crippen LogP contribution >= 0.6 is 15.9 Å². The van der Waals surface area contributed by atoms with E-state index in [1.807, 2.05) is 19.9 Å². The number of carbonyl (C=O) groups is 2. The van der Waals surface area contributed by atoms with Crippen LogP contribution in [0.25, 0.3) is 0 Å². The zero-order valence-corrected chi connectivity index (χ0v) is 14.0. The molecule has 5 nitrogen and oxygen atoms in total. The first-order valence-corrected chi connectivity index (χ1v) is 7.58. The van der Waals surface area contributed by atoms with Crippen molar-refractivity contribution in [3.8, 4) is 0 Å². The van der Waals surface area contributed by atoms with E-state index in [0.29, 0.717) is 35.4 Å². The lowest BCUT2D eigenvalue weighted by molar-refractivity contribution is -0.124. The van der Waals surface area contributed by atoms with E-state index in [-0.39, 0.29) is 11.8 Å². The van der Waals surface area contributed by atoms with Gasteiger partial charge in [0, 0.05) is 18.1 Å². The molecule has 2 N–H and O–H groups in total. The van der Waals surface area contributed by atoms with Crippen molar-refractivity contribution in [1.82, 2.24) is 5.32 Å². The monoisotopic (exact) mass is 354 g/mol. The lowest BCUT2D eigenvalue weighted by atomic mass is 9.89. The topological polar surface area (TPSA) is 67.4 Å². The maximum atomic E-state index is 12.5. The van der Waals surface area contributed by atoms with Gasteiger partial charge in [-0.3, -0.25) is 9.59 Å². The van der Waals surface area contributed by atoms with E-state index in [0.717, 1.165) is 5.56 Å². The number of ether oxygens (including phenoxy) is 1. The summed E-state index contributed by atoms with van der Waals surface area (Å²) in [7, 11) is 1.57. The van der Waals surface area contributed by atoms with Gasteiger partial charge in [0.1, 0.15) is 0 Å². The summed E-state index contributed by atoms with van der Waals surface area (Å²) in [6.07, 6.45) is 0.678. The molecule has 0 bridgehead atoms. The van der Waals surface area contributed by atoms with E-state index < -0.39 is 5.41 Å². The van der Waals surface area contributed by atoms with Gasteiger partial charge in [-0.05, 0) is 53.9 Å². The number of anilines is 1. The Bertz CT molecular complexity index is 581. The van der Waals surface area contributed by atoms with Crippen LogP contribution in [0.3, 0.4) is 0 Å². The Morgan fingerprint density at radius 2 is 2.10 bits per heavy atom. The standard InChI is InChI=1S/C15H19BrN2O3/c1-9-6-10(13(19)17-3)12(11(16)7-9)18-14(20)15(2)4-5-21-8-15/h6-7H,4-5,8H2,1-3H3,(H,17,19)(H,18,20). The summed E-state index contributed by atoms with van der Waals surface area (Å²) < 4.78 is 6.01. The summed E-state index contributed by atoms with van der Waals surface area (Å²) in [4.78, 5) is 24.5. The number of hydrogen-bond acceptors (Lipinski definition) is 3. The molecule has 114 valence electrons. The Labute approximate surface area is 132 Å². The van der Waals surface area contributed by atoms with Crippen LogP contribution in [0.5, 0.6) is 0 Å². The number of hydrogen-bond donors (Lipinski definition) is 2. The molecule has 1 aliphatic heterocycles. The molecule has 1 aromatic carbocycles. The van der Waals surface area contributed by atoms with Crippen molar-refractivity contribution in [2.24, 2.45) is 5.41 Å². The molecule has 1 atom stereocenters. The molecule has 1 saturated heterocycles. The van der Waals surface area contributed by atoms with E-state index in [1.54, 1.807) is 13.1 Å². The molecule has 2 amide bonds. The van der Waals surface area contributed by atoms with Gasteiger partial charge in [0.25, 0.3) is 5.91 Å². The summed E-state index contributed by atoms with van der Waals surface area (Å²) in [5.74, 6) is -0.364. The fourth-order valence-electron chi connectivity index (χ4n) is 2.29. The second-order valence-corrected chi connectivity index (χ2v) is 6.42. The zero-order valence-electron chi connectivity index (χ0n) is 12.4. The van der Waals surface area contributed by atoms with Gasteiger partial charge < -0.3 is 15.4 Å². The molecular weight excluding hydrogens is 336 g/mol. The van der Waals surface area contributed by atoms with E-state index in [9.17, 15) is 9.59 Å². The number of rotatable bonds is 3. The summed E-state index contributed by atoms with van der Waals surface area (Å²) in [6.45, 7) is 4.75. The predicted molar refractivity (Wildman–Crippen MR) is 84.4 cm³/mol. The number of amides is 2. The average Bonchev–Trinajstić information content (AvgIpc) is 2.88. The van der Waals surface area contributed by atoms with Gasteiger partial charge in [0.05, 0.1) is 23.3 Å². The summed E-state index contributed by atoms with van der Waals surface area (Å²) in [5.41, 5.74) is 1.33. The molecular formula is C15H19BrN2O3. The van der Waals surface area contributed by atoms with E-state index >= 15 is 0 Å². The lowest BCUT2D eigenvalue weighted by Gasteiger charge is -2.22. The highest BCUT2D eigenvalue weighted by Crippen LogP contribution is 2.33. The molecule has 0 saturated carbocycles. The van der Waals surface area contributed by atoms with Crippen molar-refractivity contribution in [3.63, 3.8) is 0 Å². The summed E-state index contributed by atoms with van der Waals surface area (Å²) in [6, 6.07) is 3.63. The predicted octanol–water partition coefficient (Wildman–Crippen LogP) is 2.48. The van der Waals surface area contributed by atoms with Crippen LogP contribution in [-0.2, 0) is 9.53 Å². The van der Waals surface area contributed by atoms with E-state index in [1.165, 1.54) is 0 Å². The maximum Gasteiger partial charge on any atom is 0.253 e. The highest BCUT2D eigenvalue weighted by atomic mass is 79.9. The Morgan fingerprint density at radius 1 is 1.38 bits per heavy atom. The van der Waals surface area contributed by atoms with Gasteiger partial charge in [-0.1, -0.05) is 0 Å². The van der Waals surface area contributed by atoms with Crippen molar-refractivity contribution in [1.29, 1.82) is 0 Å². The van der Waals surface area contributed by atoms with Crippen molar-refractivity contribution < 1.29 is 14.3 Å². The molecule has 0 aliphatic carbocycles. The number of carbonyl (C=O) groups excluding carboxylic acids is 2. The Hall–Kier alpha value is -1.40. The van der Waals surface area contributed by atoms with Crippen molar-refractivity contribution in [2.45, 2.75) is 20.3 Å². The molecule has 0 radical (unpaired) electrons. The first-order valence-electron chi connectivity index (χ1n) is 6.79. The SMILES string of the molecule is CNC(=O)c1cc(C)cc(Br)c1NC(=O)C1(C)CCOC1. The van der Waals surface area contributed by atoms with Gasteiger partial charge >= 0.3 is 0 Å². The third-order valence-electron chi connectivity index (χ3n) is 3.71. The molecule has 1 aromatic rings. The quantitative estimate of drug-likeness (QED) is 0.876. The Balaban J connectivity index is 2.35. The van der Waals surface area contributed by atoms with Crippen LogP contribution in [0, 0.1) is 12.3 Å². The molecule has 0 spiro atoms. The molecule has 1 heterocycles. The number of benzene rings is 1. The van der Waals surface area contributed by atoms with Crippen LogP contribution in [0.15, 0.2) is 16.6 Å². The lowest BCUT2D eigenvalue weighted by Crippen LogP contribution is -2.34. The van der Waals surface area contributed by atoms with Crippen molar-refractivity contribution in [3.05, 3.63) is 27.7 Å². The Morgan fingerprint density at radius 3 is 2.67 bits per heavy atom. The average molecular weight is 355 g/mol. The minimum absolute atomic E-state index is 0.130. The second-order valence-electron chi connectivity index (χ2n) is 5.57. The highest BCUT2D eigenvalue weighted by molar-refractivity contribution is 9.10. The van der Waals surface area contributed by atoms with Gasteiger partial charge in [0.2, 0.25) is 5.91 Å². The van der Waals surface area contributed by atoms with Crippen LogP contribution in [0.2, 0.25) is 0 Å². The Kier molecular flexibility index (Phi) is 4.68. The van der Waals surface area contributed by atoms with Crippen LogP contribution in [-0.4, -0.2) is 32.1 Å². The molecule has 1 fully saturated rings. The largest absolute Gasteiger partial charge is 0.380 e. The maximum absolute atomic E-state index is 12.5.